The number of hydrogen-bond donors (Lipinski definition) is 1. The molecule has 2 heteroatoms. The topological polar surface area (TPSA) is 35.2 Å². The smallest absolute Gasteiger partial charge is 0.119 e. The van der Waals surface area contributed by atoms with Gasteiger partial charge in [-0.25, -0.2) is 0 Å². The minimum absolute atomic E-state index is 0.172. The molecule has 0 aromatic heterocycles. The van der Waals surface area contributed by atoms with Crippen molar-refractivity contribution < 1.29 is 4.74 Å². The highest BCUT2D eigenvalue weighted by atomic mass is 16.5. The molecule has 2 rings (SSSR count). The van der Waals surface area contributed by atoms with Crippen LogP contribution in [-0.2, 0) is 0 Å². The highest BCUT2D eigenvalue weighted by molar-refractivity contribution is 5.29. The van der Waals surface area contributed by atoms with Gasteiger partial charge in [0, 0.05) is 6.04 Å². The SMILES string of the molecule is CCOc1ccc(C(N)C2CCC(C)C(C)C2)cc1. The zero-order chi connectivity index (χ0) is 13.8. The van der Waals surface area contributed by atoms with Gasteiger partial charge in [0.05, 0.1) is 6.61 Å². The molecule has 1 aromatic rings. The first-order valence-corrected chi connectivity index (χ1v) is 7.60. The number of benzene rings is 1. The molecule has 106 valence electrons. The molecule has 1 aliphatic rings. The lowest BCUT2D eigenvalue weighted by molar-refractivity contribution is 0.186. The maximum absolute atomic E-state index is 6.46. The Morgan fingerprint density at radius 3 is 2.42 bits per heavy atom. The summed E-state index contributed by atoms with van der Waals surface area (Å²) in [5, 5.41) is 0. The normalized spacial score (nSPS) is 28.9. The van der Waals surface area contributed by atoms with Gasteiger partial charge in [0.2, 0.25) is 0 Å². The van der Waals surface area contributed by atoms with Crippen molar-refractivity contribution in [3.63, 3.8) is 0 Å². The summed E-state index contributed by atoms with van der Waals surface area (Å²) in [5.41, 5.74) is 7.71. The monoisotopic (exact) mass is 261 g/mol. The number of ether oxygens (including phenoxy) is 1. The van der Waals surface area contributed by atoms with Crippen LogP contribution in [-0.4, -0.2) is 6.61 Å². The van der Waals surface area contributed by atoms with Crippen molar-refractivity contribution in [3.05, 3.63) is 29.8 Å². The maximum atomic E-state index is 6.46. The molecule has 0 radical (unpaired) electrons. The molecule has 0 aliphatic heterocycles. The Morgan fingerprint density at radius 1 is 1.16 bits per heavy atom. The molecule has 1 saturated carbocycles. The van der Waals surface area contributed by atoms with E-state index in [9.17, 15) is 0 Å². The van der Waals surface area contributed by atoms with Crippen molar-refractivity contribution in [1.29, 1.82) is 0 Å². The van der Waals surface area contributed by atoms with Crippen molar-refractivity contribution >= 4 is 0 Å². The van der Waals surface area contributed by atoms with Crippen LogP contribution in [0.3, 0.4) is 0 Å². The minimum atomic E-state index is 0.172. The fraction of sp³-hybridized carbons (Fsp3) is 0.647. The summed E-state index contributed by atoms with van der Waals surface area (Å²) in [7, 11) is 0. The molecular formula is C17H27NO. The van der Waals surface area contributed by atoms with Crippen LogP contribution in [0.1, 0.15) is 51.6 Å². The molecule has 0 heterocycles. The Morgan fingerprint density at radius 2 is 1.84 bits per heavy atom. The standard InChI is InChI=1S/C17H27NO/c1-4-19-16-9-7-14(8-10-16)17(18)15-6-5-12(2)13(3)11-15/h7-10,12-13,15,17H,4-6,11,18H2,1-3H3. The van der Waals surface area contributed by atoms with E-state index in [0.717, 1.165) is 17.6 Å². The zero-order valence-corrected chi connectivity index (χ0v) is 12.4. The van der Waals surface area contributed by atoms with E-state index >= 15 is 0 Å². The molecule has 0 saturated heterocycles. The van der Waals surface area contributed by atoms with E-state index in [2.05, 4.69) is 26.0 Å². The number of hydrogen-bond acceptors (Lipinski definition) is 2. The molecule has 0 spiro atoms. The summed E-state index contributed by atoms with van der Waals surface area (Å²) < 4.78 is 5.48. The van der Waals surface area contributed by atoms with Gasteiger partial charge in [-0.1, -0.05) is 32.4 Å². The van der Waals surface area contributed by atoms with E-state index in [4.69, 9.17) is 10.5 Å². The van der Waals surface area contributed by atoms with Gasteiger partial charge in [-0.15, -0.1) is 0 Å². The summed E-state index contributed by atoms with van der Waals surface area (Å²) in [4.78, 5) is 0. The lowest BCUT2D eigenvalue weighted by atomic mass is 9.72. The van der Waals surface area contributed by atoms with Gasteiger partial charge in [0.15, 0.2) is 0 Å². The molecule has 2 nitrogen and oxygen atoms in total. The first-order chi connectivity index (χ1) is 9.11. The molecule has 1 aromatic carbocycles. The van der Waals surface area contributed by atoms with E-state index in [1.54, 1.807) is 0 Å². The predicted octanol–water partition coefficient (Wildman–Crippen LogP) is 4.16. The van der Waals surface area contributed by atoms with Gasteiger partial charge in [-0.2, -0.15) is 0 Å². The number of rotatable bonds is 4. The third-order valence-corrected chi connectivity index (χ3v) is 4.72. The van der Waals surface area contributed by atoms with Gasteiger partial charge in [-0.05, 0) is 55.2 Å². The van der Waals surface area contributed by atoms with Gasteiger partial charge in [0.25, 0.3) is 0 Å². The molecule has 4 atom stereocenters. The van der Waals surface area contributed by atoms with Gasteiger partial charge >= 0.3 is 0 Å². The van der Waals surface area contributed by atoms with Crippen LogP contribution in [0.25, 0.3) is 0 Å². The summed E-state index contributed by atoms with van der Waals surface area (Å²) in [5.74, 6) is 3.21. The van der Waals surface area contributed by atoms with Gasteiger partial charge in [0.1, 0.15) is 5.75 Å². The third-order valence-electron chi connectivity index (χ3n) is 4.72. The van der Waals surface area contributed by atoms with E-state index in [1.807, 2.05) is 19.1 Å². The first kappa shape index (κ1) is 14.4. The Balaban J connectivity index is 2.00. The molecular weight excluding hydrogens is 234 g/mol. The first-order valence-electron chi connectivity index (χ1n) is 7.60. The lowest BCUT2D eigenvalue weighted by Crippen LogP contribution is -2.29. The van der Waals surface area contributed by atoms with E-state index < -0.39 is 0 Å². The van der Waals surface area contributed by atoms with Crippen LogP contribution in [0.2, 0.25) is 0 Å². The van der Waals surface area contributed by atoms with Gasteiger partial charge in [-0.3, -0.25) is 0 Å². The summed E-state index contributed by atoms with van der Waals surface area (Å²) in [6, 6.07) is 8.49. The van der Waals surface area contributed by atoms with E-state index in [0.29, 0.717) is 12.5 Å². The fourth-order valence-corrected chi connectivity index (χ4v) is 3.14. The van der Waals surface area contributed by atoms with E-state index in [-0.39, 0.29) is 6.04 Å². The lowest BCUT2D eigenvalue weighted by Gasteiger charge is -2.35. The second-order valence-electron chi connectivity index (χ2n) is 6.06. The van der Waals surface area contributed by atoms with Crippen LogP contribution < -0.4 is 10.5 Å². The van der Waals surface area contributed by atoms with Crippen molar-refractivity contribution in [2.24, 2.45) is 23.5 Å². The van der Waals surface area contributed by atoms with E-state index in [1.165, 1.54) is 24.8 Å². The van der Waals surface area contributed by atoms with Crippen molar-refractivity contribution in [2.45, 2.75) is 46.1 Å². The largest absolute Gasteiger partial charge is 0.494 e. The quantitative estimate of drug-likeness (QED) is 0.883. The molecule has 2 N–H and O–H groups in total. The molecule has 4 unspecified atom stereocenters. The van der Waals surface area contributed by atoms with Crippen LogP contribution in [0.5, 0.6) is 5.75 Å². The van der Waals surface area contributed by atoms with Crippen molar-refractivity contribution in [3.8, 4) is 5.75 Å². The summed E-state index contributed by atoms with van der Waals surface area (Å²) in [6.07, 6.45) is 3.84. The Hall–Kier alpha value is -1.02. The molecule has 1 aliphatic carbocycles. The highest BCUT2D eigenvalue weighted by Crippen LogP contribution is 2.39. The van der Waals surface area contributed by atoms with Crippen LogP contribution >= 0.6 is 0 Å². The fourth-order valence-electron chi connectivity index (χ4n) is 3.14. The Bertz CT molecular complexity index is 387. The van der Waals surface area contributed by atoms with Gasteiger partial charge < -0.3 is 10.5 Å². The highest BCUT2D eigenvalue weighted by Gasteiger charge is 2.29. The van der Waals surface area contributed by atoms with Crippen LogP contribution in [0, 0.1) is 17.8 Å². The summed E-state index contributed by atoms with van der Waals surface area (Å²) >= 11 is 0. The average molecular weight is 261 g/mol. The predicted molar refractivity (Wildman–Crippen MR) is 80.2 cm³/mol. The second-order valence-corrected chi connectivity index (χ2v) is 6.06. The van der Waals surface area contributed by atoms with Crippen molar-refractivity contribution in [1.82, 2.24) is 0 Å². The van der Waals surface area contributed by atoms with Crippen LogP contribution in [0.15, 0.2) is 24.3 Å². The maximum Gasteiger partial charge on any atom is 0.119 e. The third kappa shape index (κ3) is 3.50. The van der Waals surface area contributed by atoms with Crippen LogP contribution in [0.4, 0.5) is 0 Å². The average Bonchev–Trinajstić information content (AvgIpc) is 2.42. The molecule has 0 amide bonds. The Labute approximate surface area is 117 Å². The Kier molecular flexibility index (Phi) is 4.87. The molecule has 0 bridgehead atoms. The summed E-state index contributed by atoms with van der Waals surface area (Å²) in [6.45, 7) is 7.44. The number of nitrogens with two attached hydrogens (primary N) is 1. The minimum Gasteiger partial charge on any atom is -0.494 e. The molecule has 1 fully saturated rings. The second kappa shape index (κ2) is 6.42. The van der Waals surface area contributed by atoms with Crippen molar-refractivity contribution in [2.75, 3.05) is 6.61 Å². The molecule has 19 heavy (non-hydrogen) atoms. The zero-order valence-electron chi connectivity index (χ0n) is 12.4.